The summed E-state index contributed by atoms with van der Waals surface area (Å²) < 4.78 is 5.49. The average molecular weight is 331 g/mol. The van der Waals surface area contributed by atoms with Crippen molar-refractivity contribution in [1.82, 2.24) is 4.98 Å². The summed E-state index contributed by atoms with van der Waals surface area (Å²) in [5.74, 6) is 1.59. The van der Waals surface area contributed by atoms with Crippen molar-refractivity contribution in [3.8, 4) is 6.07 Å². The molecule has 2 fully saturated rings. The van der Waals surface area contributed by atoms with Crippen LogP contribution in [0.4, 0.5) is 5.82 Å². The first-order valence-corrected chi connectivity index (χ1v) is 9.07. The SMILES string of the molecule is N#Cc1cc2c(nc1N1CC3(CC(c4ccccc4)C3)C1)CCOC2. The highest BCUT2D eigenvalue weighted by Crippen LogP contribution is 2.56. The molecule has 0 amide bonds. The minimum Gasteiger partial charge on any atom is -0.376 e. The maximum absolute atomic E-state index is 9.52. The fraction of sp³-hybridized carbons (Fsp3) is 0.429. The molecule has 2 aromatic rings. The van der Waals surface area contributed by atoms with Gasteiger partial charge in [0.15, 0.2) is 0 Å². The van der Waals surface area contributed by atoms with Crippen LogP contribution in [0.5, 0.6) is 0 Å². The van der Waals surface area contributed by atoms with Crippen LogP contribution < -0.4 is 4.90 Å². The van der Waals surface area contributed by atoms with E-state index in [-0.39, 0.29) is 0 Å². The van der Waals surface area contributed by atoms with Gasteiger partial charge in [0, 0.05) is 30.5 Å². The Morgan fingerprint density at radius 1 is 1.20 bits per heavy atom. The standard InChI is InChI=1S/C21H21N3O/c22-11-16-8-17-12-25-7-6-19(17)23-20(16)24-13-21(14-24)9-18(10-21)15-4-2-1-3-5-15/h1-5,8,18H,6-7,9-10,12-14H2. The number of hydrogen-bond acceptors (Lipinski definition) is 4. The average Bonchev–Trinajstić information content (AvgIpc) is 2.59. The number of pyridine rings is 1. The van der Waals surface area contributed by atoms with E-state index in [4.69, 9.17) is 9.72 Å². The summed E-state index contributed by atoms with van der Waals surface area (Å²) in [5.41, 5.74) is 4.79. The molecule has 3 aliphatic rings. The molecule has 3 heterocycles. The topological polar surface area (TPSA) is 49.2 Å². The Balaban J connectivity index is 1.31. The van der Waals surface area contributed by atoms with Gasteiger partial charge in [-0.3, -0.25) is 0 Å². The molecule has 1 aliphatic carbocycles. The van der Waals surface area contributed by atoms with Crippen LogP contribution in [0.15, 0.2) is 36.4 Å². The first kappa shape index (κ1) is 14.9. The normalized spacial score (nSPS) is 21.2. The summed E-state index contributed by atoms with van der Waals surface area (Å²) in [5, 5.41) is 9.52. The summed E-state index contributed by atoms with van der Waals surface area (Å²) in [6.45, 7) is 3.38. The van der Waals surface area contributed by atoms with Crippen LogP contribution in [0, 0.1) is 16.7 Å². The van der Waals surface area contributed by atoms with Gasteiger partial charge in [-0.25, -0.2) is 4.98 Å². The van der Waals surface area contributed by atoms with Crippen LogP contribution in [0.1, 0.15) is 41.1 Å². The third-order valence-corrected chi connectivity index (χ3v) is 6.01. The number of rotatable bonds is 2. The van der Waals surface area contributed by atoms with Crippen molar-refractivity contribution in [2.45, 2.75) is 31.8 Å². The molecule has 1 saturated carbocycles. The van der Waals surface area contributed by atoms with Crippen LogP contribution in [0.25, 0.3) is 0 Å². The van der Waals surface area contributed by atoms with Crippen molar-refractivity contribution in [3.05, 3.63) is 58.8 Å². The van der Waals surface area contributed by atoms with Gasteiger partial charge in [-0.1, -0.05) is 30.3 Å². The van der Waals surface area contributed by atoms with Gasteiger partial charge in [0.25, 0.3) is 0 Å². The lowest BCUT2D eigenvalue weighted by molar-refractivity contribution is 0.0625. The van der Waals surface area contributed by atoms with Gasteiger partial charge in [0.2, 0.25) is 0 Å². The summed E-state index contributed by atoms with van der Waals surface area (Å²) in [7, 11) is 0. The second-order valence-corrected chi connectivity index (χ2v) is 7.75. The quantitative estimate of drug-likeness (QED) is 0.846. The molecule has 4 nitrogen and oxygen atoms in total. The summed E-state index contributed by atoms with van der Waals surface area (Å²) in [4.78, 5) is 7.13. The van der Waals surface area contributed by atoms with Gasteiger partial charge in [0.1, 0.15) is 11.9 Å². The van der Waals surface area contributed by atoms with Gasteiger partial charge >= 0.3 is 0 Å². The van der Waals surface area contributed by atoms with Crippen molar-refractivity contribution in [1.29, 1.82) is 5.26 Å². The molecule has 0 N–H and O–H groups in total. The molecule has 5 rings (SSSR count). The number of aromatic nitrogens is 1. The lowest BCUT2D eigenvalue weighted by atomic mass is 9.56. The van der Waals surface area contributed by atoms with Gasteiger partial charge in [0.05, 0.1) is 24.5 Å². The zero-order valence-electron chi connectivity index (χ0n) is 14.2. The maximum atomic E-state index is 9.52. The molecule has 0 atom stereocenters. The second kappa shape index (κ2) is 5.57. The zero-order chi connectivity index (χ0) is 16.9. The molecule has 1 saturated heterocycles. The highest BCUT2D eigenvalue weighted by molar-refractivity contribution is 5.58. The molecule has 0 unspecified atom stereocenters. The molecular weight excluding hydrogens is 310 g/mol. The van der Waals surface area contributed by atoms with Crippen molar-refractivity contribution >= 4 is 5.82 Å². The van der Waals surface area contributed by atoms with E-state index in [0.29, 0.717) is 23.5 Å². The maximum Gasteiger partial charge on any atom is 0.146 e. The van der Waals surface area contributed by atoms with Gasteiger partial charge in [-0.05, 0) is 30.4 Å². The van der Waals surface area contributed by atoms with Crippen molar-refractivity contribution in [3.63, 3.8) is 0 Å². The molecule has 4 heteroatoms. The Hall–Kier alpha value is -2.38. The van der Waals surface area contributed by atoms with Crippen molar-refractivity contribution < 1.29 is 4.74 Å². The van der Waals surface area contributed by atoms with Crippen molar-refractivity contribution in [2.24, 2.45) is 5.41 Å². The molecule has 25 heavy (non-hydrogen) atoms. The van der Waals surface area contributed by atoms with Crippen LogP contribution in [0.3, 0.4) is 0 Å². The van der Waals surface area contributed by atoms with E-state index in [1.165, 1.54) is 18.4 Å². The van der Waals surface area contributed by atoms with Crippen LogP contribution in [-0.2, 0) is 17.8 Å². The minimum atomic E-state index is 0.438. The first-order chi connectivity index (χ1) is 12.3. The highest BCUT2D eigenvalue weighted by Gasteiger charge is 2.53. The van der Waals surface area contributed by atoms with Gasteiger partial charge in [-0.15, -0.1) is 0 Å². The second-order valence-electron chi connectivity index (χ2n) is 7.75. The third-order valence-electron chi connectivity index (χ3n) is 6.01. The van der Waals surface area contributed by atoms with E-state index in [1.807, 2.05) is 6.07 Å². The molecule has 0 radical (unpaired) electrons. The number of hydrogen-bond donors (Lipinski definition) is 0. The van der Waals surface area contributed by atoms with Crippen molar-refractivity contribution in [2.75, 3.05) is 24.6 Å². The lowest BCUT2D eigenvalue weighted by Crippen LogP contribution is -2.62. The molecule has 1 aromatic carbocycles. The van der Waals surface area contributed by atoms with E-state index >= 15 is 0 Å². The van der Waals surface area contributed by atoms with Crippen LogP contribution >= 0.6 is 0 Å². The van der Waals surface area contributed by atoms with E-state index in [9.17, 15) is 5.26 Å². The van der Waals surface area contributed by atoms with Gasteiger partial charge in [-0.2, -0.15) is 5.26 Å². The Bertz CT molecular complexity index is 841. The largest absolute Gasteiger partial charge is 0.376 e. The molecule has 126 valence electrons. The lowest BCUT2D eigenvalue weighted by Gasteiger charge is -2.60. The minimum absolute atomic E-state index is 0.438. The third kappa shape index (κ3) is 2.42. The zero-order valence-corrected chi connectivity index (χ0v) is 14.2. The van der Waals surface area contributed by atoms with Gasteiger partial charge < -0.3 is 9.64 Å². The smallest absolute Gasteiger partial charge is 0.146 e. The highest BCUT2D eigenvalue weighted by atomic mass is 16.5. The van der Waals surface area contributed by atoms with E-state index in [1.54, 1.807) is 0 Å². The molecule has 1 aromatic heterocycles. The molecule has 0 bridgehead atoms. The van der Waals surface area contributed by atoms with E-state index in [0.717, 1.165) is 43.2 Å². The first-order valence-electron chi connectivity index (χ1n) is 9.07. The van der Waals surface area contributed by atoms with Crippen LogP contribution in [0.2, 0.25) is 0 Å². The number of benzene rings is 1. The number of anilines is 1. The predicted molar refractivity (Wildman–Crippen MR) is 95.4 cm³/mol. The molecular formula is C21H21N3O. The summed E-state index contributed by atoms with van der Waals surface area (Å²) in [6, 6.07) is 15.2. The van der Waals surface area contributed by atoms with Crippen LogP contribution in [-0.4, -0.2) is 24.7 Å². The Labute approximate surface area is 148 Å². The van der Waals surface area contributed by atoms with E-state index < -0.39 is 0 Å². The summed E-state index contributed by atoms with van der Waals surface area (Å²) >= 11 is 0. The summed E-state index contributed by atoms with van der Waals surface area (Å²) in [6.07, 6.45) is 3.37. The van der Waals surface area contributed by atoms with E-state index in [2.05, 4.69) is 41.3 Å². The fourth-order valence-corrected chi connectivity index (χ4v) is 4.72. The molecule has 1 spiro atoms. The monoisotopic (exact) mass is 331 g/mol. The predicted octanol–water partition coefficient (Wildman–Crippen LogP) is 3.41. The number of fused-ring (bicyclic) bond motifs is 1. The Morgan fingerprint density at radius 2 is 2.00 bits per heavy atom. The fourth-order valence-electron chi connectivity index (χ4n) is 4.72. The molecule has 2 aliphatic heterocycles. The Kier molecular flexibility index (Phi) is 3.33. The Morgan fingerprint density at radius 3 is 2.76 bits per heavy atom. The number of ether oxygens (including phenoxy) is 1. The number of nitriles is 1. The number of nitrogens with zero attached hydrogens (tertiary/aromatic N) is 3.